The van der Waals surface area contributed by atoms with Crippen LogP contribution in [-0.4, -0.2) is 28.8 Å². The van der Waals surface area contributed by atoms with Crippen molar-refractivity contribution >= 4 is 11.9 Å². The second-order valence-electron chi connectivity index (χ2n) is 10.1. The van der Waals surface area contributed by atoms with Crippen LogP contribution in [0.1, 0.15) is 83.5 Å². The van der Waals surface area contributed by atoms with E-state index in [0.717, 1.165) is 67.4 Å². The Labute approximate surface area is 236 Å². The van der Waals surface area contributed by atoms with Crippen LogP contribution < -0.4 is 4.74 Å². The number of carboxylic acids is 2. The maximum atomic E-state index is 11.5. The first kappa shape index (κ1) is 28.7. The Bertz CT molecular complexity index is 1390. The number of hydrogen-bond acceptors (Lipinski definition) is 3. The van der Waals surface area contributed by atoms with Crippen molar-refractivity contribution in [2.45, 2.75) is 63.7 Å². The molecule has 0 saturated carbocycles. The number of benzene rings is 3. The number of ether oxygens (including phenoxy) is 1. The zero-order chi connectivity index (χ0) is 28.2. The second-order valence-corrected chi connectivity index (χ2v) is 10.1. The van der Waals surface area contributed by atoms with Gasteiger partial charge in [0.1, 0.15) is 12.4 Å². The summed E-state index contributed by atoms with van der Waals surface area (Å²) in [4.78, 5) is 22.5. The summed E-state index contributed by atoms with van der Waals surface area (Å²) >= 11 is 0. The summed E-state index contributed by atoms with van der Waals surface area (Å²) in [7, 11) is 0. The Morgan fingerprint density at radius 3 is 2.55 bits per heavy atom. The summed E-state index contributed by atoms with van der Waals surface area (Å²) in [6, 6.07) is 23.5. The average molecular weight is 537 g/mol. The third-order valence-electron chi connectivity index (χ3n) is 7.37. The largest absolute Gasteiger partial charge is 0.481 e. The number of carboxylic acid groups (broad SMARTS) is 2. The number of aromatic carboxylic acids is 1. The third-order valence-corrected chi connectivity index (χ3v) is 7.37. The van der Waals surface area contributed by atoms with E-state index in [2.05, 4.69) is 24.0 Å². The van der Waals surface area contributed by atoms with E-state index in [1.165, 1.54) is 11.1 Å². The van der Waals surface area contributed by atoms with Gasteiger partial charge in [-0.05, 0) is 98.4 Å². The molecule has 0 saturated heterocycles. The lowest BCUT2D eigenvalue weighted by atomic mass is 9.76. The van der Waals surface area contributed by atoms with E-state index in [1.807, 2.05) is 60.7 Å². The zero-order valence-electron chi connectivity index (χ0n) is 22.8. The highest BCUT2D eigenvalue weighted by Gasteiger charge is 2.24. The summed E-state index contributed by atoms with van der Waals surface area (Å²) < 4.78 is 6.06. The van der Waals surface area contributed by atoms with E-state index in [-0.39, 0.29) is 12.3 Å². The maximum Gasteiger partial charge on any atom is 0.335 e. The number of allylic oxidation sites excluding steroid dienone is 2. The Kier molecular flexibility index (Phi) is 10.6. The Morgan fingerprint density at radius 2 is 1.75 bits per heavy atom. The van der Waals surface area contributed by atoms with Gasteiger partial charge in [-0.2, -0.15) is 0 Å². The highest BCUT2D eigenvalue weighted by atomic mass is 16.5. The monoisotopic (exact) mass is 536 g/mol. The molecule has 1 aliphatic carbocycles. The predicted octanol–water partition coefficient (Wildman–Crippen LogP) is 7.44. The molecule has 0 heterocycles. The van der Waals surface area contributed by atoms with Crippen LogP contribution >= 0.6 is 0 Å². The maximum absolute atomic E-state index is 11.5. The molecule has 206 valence electrons. The van der Waals surface area contributed by atoms with Gasteiger partial charge in [0.15, 0.2) is 0 Å². The SMILES string of the molecule is O=C(O)CCCC/C=C(\CCc1ccccc1OCC#Cc1ccccc1)C1CCCc2cc(C(=O)O)ccc21. The molecular weight excluding hydrogens is 500 g/mol. The summed E-state index contributed by atoms with van der Waals surface area (Å²) in [5.74, 6) is 5.64. The Hall–Kier alpha value is -4.30. The van der Waals surface area contributed by atoms with Crippen molar-refractivity contribution in [1.29, 1.82) is 0 Å². The van der Waals surface area contributed by atoms with Gasteiger partial charge in [-0.15, -0.1) is 0 Å². The molecule has 0 spiro atoms. The van der Waals surface area contributed by atoms with E-state index in [4.69, 9.17) is 9.84 Å². The number of fused-ring (bicyclic) bond motifs is 1. The van der Waals surface area contributed by atoms with Crippen LogP contribution in [0.15, 0.2) is 84.4 Å². The number of unbranched alkanes of at least 4 members (excludes halogenated alkanes) is 2. The van der Waals surface area contributed by atoms with Crippen molar-refractivity contribution in [1.82, 2.24) is 0 Å². The van der Waals surface area contributed by atoms with Crippen LogP contribution in [-0.2, 0) is 17.6 Å². The number of carbonyl (C=O) groups is 2. The lowest BCUT2D eigenvalue weighted by Crippen LogP contribution is -2.14. The molecule has 0 aromatic heterocycles. The molecule has 5 heteroatoms. The Morgan fingerprint density at radius 1 is 0.950 bits per heavy atom. The Balaban J connectivity index is 1.49. The van der Waals surface area contributed by atoms with Gasteiger partial charge < -0.3 is 14.9 Å². The van der Waals surface area contributed by atoms with Gasteiger partial charge in [0.2, 0.25) is 0 Å². The molecule has 5 nitrogen and oxygen atoms in total. The third kappa shape index (κ3) is 8.35. The minimum atomic E-state index is -0.899. The van der Waals surface area contributed by atoms with Crippen molar-refractivity contribution < 1.29 is 24.5 Å². The molecule has 0 amide bonds. The fourth-order valence-electron chi connectivity index (χ4n) is 5.36. The minimum Gasteiger partial charge on any atom is -0.481 e. The molecule has 0 radical (unpaired) electrons. The molecular formula is C35H36O5. The quantitative estimate of drug-likeness (QED) is 0.143. The summed E-state index contributed by atoms with van der Waals surface area (Å²) in [6.07, 6.45) is 9.36. The first-order valence-electron chi connectivity index (χ1n) is 14.0. The van der Waals surface area contributed by atoms with Gasteiger partial charge in [-0.1, -0.05) is 66.0 Å². The fraction of sp³-hybridized carbons (Fsp3) is 0.314. The molecule has 1 unspecified atom stereocenters. The summed E-state index contributed by atoms with van der Waals surface area (Å²) in [5.41, 5.74) is 6.08. The van der Waals surface area contributed by atoms with Crippen LogP contribution in [0.25, 0.3) is 0 Å². The minimum absolute atomic E-state index is 0.186. The lowest BCUT2D eigenvalue weighted by Gasteiger charge is -2.29. The molecule has 40 heavy (non-hydrogen) atoms. The van der Waals surface area contributed by atoms with Crippen LogP contribution in [0.5, 0.6) is 5.75 Å². The molecule has 0 bridgehead atoms. The first-order valence-corrected chi connectivity index (χ1v) is 14.0. The van der Waals surface area contributed by atoms with Crippen molar-refractivity contribution in [2.75, 3.05) is 6.61 Å². The molecule has 0 aliphatic heterocycles. The van der Waals surface area contributed by atoms with E-state index < -0.39 is 11.9 Å². The number of aryl methyl sites for hydroxylation is 2. The van der Waals surface area contributed by atoms with Crippen LogP contribution in [0.4, 0.5) is 0 Å². The summed E-state index contributed by atoms with van der Waals surface area (Å²) in [5, 5.41) is 18.5. The molecule has 1 atom stereocenters. The average Bonchev–Trinajstić information content (AvgIpc) is 2.97. The molecule has 3 aromatic rings. The van der Waals surface area contributed by atoms with E-state index in [0.29, 0.717) is 18.6 Å². The van der Waals surface area contributed by atoms with Crippen molar-refractivity contribution in [3.63, 3.8) is 0 Å². The molecule has 0 fully saturated rings. The zero-order valence-corrected chi connectivity index (χ0v) is 22.8. The fourth-order valence-corrected chi connectivity index (χ4v) is 5.36. The van der Waals surface area contributed by atoms with Gasteiger partial charge >= 0.3 is 11.9 Å². The van der Waals surface area contributed by atoms with Crippen LogP contribution in [0.2, 0.25) is 0 Å². The van der Waals surface area contributed by atoms with E-state index in [1.54, 1.807) is 6.07 Å². The van der Waals surface area contributed by atoms with Crippen molar-refractivity contribution in [2.24, 2.45) is 0 Å². The van der Waals surface area contributed by atoms with Gasteiger partial charge in [0, 0.05) is 17.9 Å². The first-order chi connectivity index (χ1) is 19.5. The number of hydrogen-bond donors (Lipinski definition) is 2. The summed E-state index contributed by atoms with van der Waals surface area (Å²) in [6.45, 7) is 0.306. The standard InChI is InChI=1S/C35H36O5/c36-34(37)19-6-2-5-14-27(31-17-9-16-29-25-30(35(38)39)22-23-32(29)31)20-21-28-15-7-8-18-33(28)40-24-10-13-26-11-3-1-4-12-26/h1,3-4,7-8,11-12,14-15,18,22-23,25,31H,2,5-6,9,16-17,19-21,24H2,(H,36,37)(H,38,39)/b27-14+. The highest BCUT2D eigenvalue weighted by molar-refractivity contribution is 5.88. The molecule has 4 rings (SSSR count). The smallest absolute Gasteiger partial charge is 0.335 e. The van der Waals surface area contributed by atoms with Gasteiger partial charge in [-0.25, -0.2) is 4.79 Å². The van der Waals surface area contributed by atoms with Gasteiger partial charge in [0.25, 0.3) is 0 Å². The number of para-hydroxylation sites is 1. The van der Waals surface area contributed by atoms with E-state index in [9.17, 15) is 14.7 Å². The second kappa shape index (κ2) is 14.7. The molecule has 1 aliphatic rings. The van der Waals surface area contributed by atoms with Crippen LogP contribution in [0, 0.1) is 11.8 Å². The van der Waals surface area contributed by atoms with Gasteiger partial charge in [0.05, 0.1) is 5.56 Å². The number of rotatable bonds is 12. The highest BCUT2D eigenvalue weighted by Crippen LogP contribution is 2.39. The predicted molar refractivity (Wildman–Crippen MR) is 157 cm³/mol. The lowest BCUT2D eigenvalue weighted by molar-refractivity contribution is -0.137. The van der Waals surface area contributed by atoms with Crippen molar-refractivity contribution in [3.8, 4) is 17.6 Å². The van der Waals surface area contributed by atoms with E-state index >= 15 is 0 Å². The van der Waals surface area contributed by atoms with Crippen molar-refractivity contribution in [3.05, 3.63) is 112 Å². The number of aliphatic carboxylic acids is 1. The molecule has 2 N–H and O–H groups in total. The van der Waals surface area contributed by atoms with Crippen LogP contribution in [0.3, 0.4) is 0 Å². The normalized spacial score (nSPS) is 14.5. The topological polar surface area (TPSA) is 83.8 Å². The molecule has 3 aromatic carbocycles. The van der Waals surface area contributed by atoms with Gasteiger partial charge in [-0.3, -0.25) is 4.79 Å².